The molecule has 0 radical (unpaired) electrons. The molecular formula is C33H44FN5O4. The van der Waals surface area contributed by atoms with E-state index in [4.69, 9.17) is 15.9 Å². The molecule has 0 saturated carbocycles. The first-order valence-corrected chi connectivity index (χ1v) is 15.3. The van der Waals surface area contributed by atoms with Gasteiger partial charge in [-0.3, -0.25) is 4.79 Å². The SMILES string of the molecule is C#CC(CCn1cnc2c(NC(=O)CCCCCCCCCCCCC)nc(F)nc21)(COC(=O)c1ccccc1)OC. The molecule has 1 atom stereocenters. The molecule has 2 aromatic heterocycles. The molecule has 0 fully saturated rings. The number of benzene rings is 1. The number of aryl methyl sites for hydroxylation is 1. The summed E-state index contributed by atoms with van der Waals surface area (Å²) in [7, 11) is 1.44. The fraction of sp³-hybridized carbons (Fsp3) is 0.545. The lowest BCUT2D eigenvalue weighted by Crippen LogP contribution is -2.37. The summed E-state index contributed by atoms with van der Waals surface area (Å²) in [6.07, 6.45) is 19.9. The molecule has 0 aliphatic rings. The first kappa shape index (κ1) is 33.7. The molecule has 1 unspecified atom stereocenters. The van der Waals surface area contributed by atoms with Gasteiger partial charge in [0.2, 0.25) is 5.91 Å². The Labute approximate surface area is 254 Å². The van der Waals surface area contributed by atoms with Crippen LogP contribution in [0.5, 0.6) is 0 Å². The lowest BCUT2D eigenvalue weighted by Gasteiger charge is -2.26. The molecule has 2 heterocycles. The number of hydrogen-bond acceptors (Lipinski definition) is 7. The van der Waals surface area contributed by atoms with E-state index >= 15 is 0 Å². The van der Waals surface area contributed by atoms with Crippen molar-refractivity contribution in [1.82, 2.24) is 19.5 Å². The van der Waals surface area contributed by atoms with Crippen LogP contribution in [0, 0.1) is 18.4 Å². The average Bonchev–Trinajstić information content (AvgIpc) is 3.43. The van der Waals surface area contributed by atoms with Gasteiger partial charge in [0, 0.05) is 26.5 Å². The summed E-state index contributed by atoms with van der Waals surface area (Å²) >= 11 is 0. The predicted molar refractivity (Wildman–Crippen MR) is 165 cm³/mol. The number of terminal acetylenes is 1. The number of imidazole rings is 1. The van der Waals surface area contributed by atoms with Crippen LogP contribution in [0.1, 0.15) is 101 Å². The standard InChI is InChI=1S/C33H44FN5O4/c1-4-6-7-8-9-10-11-12-13-14-18-21-27(40)36-29-28-30(38-32(34)37-29)39(25-35-28)23-22-33(5-2,42-3)24-43-31(41)26-19-16-15-17-20-26/h2,15-17,19-20,25H,4,6-14,18,21-24H2,1,3H3,(H,36,37,38,40). The molecule has 1 aromatic carbocycles. The van der Waals surface area contributed by atoms with Crippen LogP contribution in [-0.4, -0.2) is 50.7 Å². The van der Waals surface area contributed by atoms with Gasteiger partial charge in [0.05, 0.1) is 11.9 Å². The first-order valence-electron chi connectivity index (χ1n) is 15.3. The van der Waals surface area contributed by atoms with Crippen LogP contribution in [0.15, 0.2) is 36.7 Å². The van der Waals surface area contributed by atoms with Crippen LogP contribution in [-0.2, 0) is 20.8 Å². The molecule has 9 nitrogen and oxygen atoms in total. The van der Waals surface area contributed by atoms with E-state index in [9.17, 15) is 14.0 Å². The number of fused-ring (bicyclic) bond motifs is 1. The number of nitrogens with one attached hydrogen (secondary N) is 1. The van der Waals surface area contributed by atoms with Gasteiger partial charge in [-0.15, -0.1) is 6.42 Å². The monoisotopic (exact) mass is 593 g/mol. The lowest BCUT2D eigenvalue weighted by molar-refractivity contribution is -0.116. The van der Waals surface area contributed by atoms with E-state index in [1.54, 1.807) is 34.9 Å². The van der Waals surface area contributed by atoms with Crippen molar-refractivity contribution in [2.24, 2.45) is 0 Å². The summed E-state index contributed by atoms with van der Waals surface area (Å²) in [5, 5.41) is 2.70. The Kier molecular flexibility index (Phi) is 14.1. The molecule has 3 aromatic rings. The van der Waals surface area contributed by atoms with Crippen LogP contribution in [0.4, 0.5) is 10.2 Å². The number of anilines is 1. The molecule has 1 N–H and O–H groups in total. The Morgan fingerprint density at radius 3 is 2.28 bits per heavy atom. The number of nitrogens with zero attached hydrogens (tertiary/aromatic N) is 4. The van der Waals surface area contributed by atoms with Gasteiger partial charge in [-0.05, 0) is 18.6 Å². The molecular weight excluding hydrogens is 549 g/mol. The number of rotatable bonds is 20. The lowest BCUT2D eigenvalue weighted by atomic mass is 10.0. The smallest absolute Gasteiger partial charge is 0.338 e. The van der Waals surface area contributed by atoms with Gasteiger partial charge in [-0.2, -0.15) is 14.4 Å². The maximum absolute atomic E-state index is 14.4. The average molecular weight is 594 g/mol. The minimum Gasteiger partial charge on any atom is -0.458 e. The van der Waals surface area contributed by atoms with E-state index in [-0.39, 0.29) is 42.5 Å². The van der Waals surface area contributed by atoms with Crippen molar-refractivity contribution in [3.8, 4) is 12.3 Å². The molecule has 10 heteroatoms. The molecule has 232 valence electrons. The van der Waals surface area contributed by atoms with Crippen LogP contribution in [0.3, 0.4) is 0 Å². The van der Waals surface area contributed by atoms with Gasteiger partial charge in [0.1, 0.15) is 6.61 Å². The van der Waals surface area contributed by atoms with E-state index in [2.05, 4.69) is 33.1 Å². The fourth-order valence-corrected chi connectivity index (χ4v) is 4.86. The van der Waals surface area contributed by atoms with Crippen molar-refractivity contribution >= 4 is 28.9 Å². The molecule has 3 rings (SSSR count). The highest BCUT2D eigenvalue weighted by Gasteiger charge is 2.30. The predicted octanol–water partition coefficient (Wildman–Crippen LogP) is 6.87. The number of carbonyl (C=O) groups excluding carboxylic acids is 2. The largest absolute Gasteiger partial charge is 0.458 e. The third-order valence-electron chi connectivity index (χ3n) is 7.56. The number of aromatic nitrogens is 4. The summed E-state index contributed by atoms with van der Waals surface area (Å²) in [6.45, 7) is 2.29. The van der Waals surface area contributed by atoms with E-state index < -0.39 is 17.6 Å². The van der Waals surface area contributed by atoms with Gasteiger partial charge in [-0.25, -0.2) is 9.78 Å². The summed E-state index contributed by atoms with van der Waals surface area (Å²) in [6, 6.07) is 8.57. The minimum atomic E-state index is -1.22. The van der Waals surface area contributed by atoms with Crippen molar-refractivity contribution in [3.05, 3.63) is 48.3 Å². The van der Waals surface area contributed by atoms with Gasteiger partial charge in [0.25, 0.3) is 0 Å². The molecule has 1 amide bonds. The maximum atomic E-state index is 14.4. The number of halogens is 1. The Balaban J connectivity index is 1.49. The van der Waals surface area contributed by atoms with Crippen LogP contribution < -0.4 is 5.32 Å². The molecule has 0 spiro atoms. The normalized spacial score (nSPS) is 12.5. The molecule has 0 aliphatic carbocycles. The second kappa shape index (κ2) is 18.0. The first-order chi connectivity index (χ1) is 20.9. The van der Waals surface area contributed by atoms with Gasteiger partial charge >= 0.3 is 12.0 Å². The molecule has 0 bridgehead atoms. The quantitative estimate of drug-likeness (QED) is 0.0659. The van der Waals surface area contributed by atoms with Crippen molar-refractivity contribution in [2.75, 3.05) is 19.0 Å². The molecule has 43 heavy (non-hydrogen) atoms. The van der Waals surface area contributed by atoms with E-state index in [0.29, 0.717) is 12.0 Å². The van der Waals surface area contributed by atoms with Crippen LogP contribution >= 0.6 is 0 Å². The highest BCUT2D eigenvalue weighted by atomic mass is 19.1. The zero-order valence-corrected chi connectivity index (χ0v) is 25.4. The number of methoxy groups -OCH3 is 1. The maximum Gasteiger partial charge on any atom is 0.338 e. The van der Waals surface area contributed by atoms with E-state index in [1.807, 2.05) is 0 Å². The van der Waals surface area contributed by atoms with Gasteiger partial charge < -0.3 is 19.4 Å². The summed E-state index contributed by atoms with van der Waals surface area (Å²) in [4.78, 5) is 37.0. The number of unbranched alkanes of at least 4 members (excludes halogenated alkanes) is 10. The number of carbonyl (C=O) groups is 2. The van der Waals surface area contributed by atoms with Crippen molar-refractivity contribution in [2.45, 2.75) is 103 Å². The van der Waals surface area contributed by atoms with Crippen LogP contribution in [0.2, 0.25) is 0 Å². The summed E-state index contributed by atoms with van der Waals surface area (Å²) < 4.78 is 27.0. The Hall–Kier alpha value is -3.84. The number of ether oxygens (including phenoxy) is 2. The number of amides is 1. The molecule has 0 saturated heterocycles. The Bertz CT molecular complexity index is 1340. The van der Waals surface area contributed by atoms with Crippen molar-refractivity contribution in [3.63, 3.8) is 0 Å². The second-order valence-electron chi connectivity index (χ2n) is 10.8. The van der Waals surface area contributed by atoms with Crippen molar-refractivity contribution < 1.29 is 23.5 Å². The Morgan fingerprint density at radius 2 is 1.65 bits per heavy atom. The number of esters is 1. The zero-order chi connectivity index (χ0) is 30.9. The van der Waals surface area contributed by atoms with E-state index in [1.165, 1.54) is 64.8 Å². The van der Waals surface area contributed by atoms with Crippen LogP contribution in [0.25, 0.3) is 11.2 Å². The Morgan fingerprint density at radius 1 is 1.00 bits per heavy atom. The molecule has 0 aliphatic heterocycles. The third-order valence-corrected chi connectivity index (χ3v) is 7.56. The number of hydrogen-bond donors (Lipinski definition) is 1. The fourth-order valence-electron chi connectivity index (χ4n) is 4.86. The van der Waals surface area contributed by atoms with E-state index in [0.717, 1.165) is 19.3 Å². The van der Waals surface area contributed by atoms with Gasteiger partial charge in [-0.1, -0.05) is 95.3 Å². The highest BCUT2D eigenvalue weighted by Crippen LogP contribution is 2.23. The minimum absolute atomic E-state index is 0.0288. The highest BCUT2D eigenvalue weighted by molar-refractivity contribution is 5.96. The van der Waals surface area contributed by atoms with Crippen molar-refractivity contribution in [1.29, 1.82) is 0 Å². The summed E-state index contributed by atoms with van der Waals surface area (Å²) in [5.41, 5.74) is -0.345. The topological polar surface area (TPSA) is 108 Å². The summed E-state index contributed by atoms with van der Waals surface area (Å²) in [5.74, 6) is 1.85. The second-order valence-corrected chi connectivity index (χ2v) is 10.8. The zero-order valence-electron chi connectivity index (χ0n) is 25.4. The van der Waals surface area contributed by atoms with Gasteiger partial charge in [0.15, 0.2) is 22.6 Å². The third kappa shape index (κ3) is 10.7.